The van der Waals surface area contributed by atoms with Crippen molar-refractivity contribution in [2.24, 2.45) is 5.73 Å². The van der Waals surface area contributed by atoms with E-state index < -0.39 is 11.9 Å². The number of hydrogen-bond acceptors (Lipinski definition) is 4. The van der Waals surface area contributed by atoms with Crippen molar-refractivity contribution in [2.45, 2.75) is 12.8 Å². The Hall–Kier alpha value is -2.11. The summed E-state index contributed by atoms with van der Waals surface area (Å²) in [4.78, 5) is 27.8. The number of hydrogen-bond donors (Lipinski definition) is 2. The third-order valence-corrected chi connectivity index (χ3v) is 2.78. The normalized spacial score (nSPS) is 14.9. The van der Waals surface area contributed by atoms with Gasteiger partial charge in [-0.25, -0.2) is 9.78 Å². The molecular weight excluding hydrogens is 222 g/mol. The van der Waals surface area contributed by atoms with Gasteiger partial charge >= 0.3 is 5.97 Å². The summed E-state index contributed by atoms with van der Waals surface area (Å²) >= 11 is 0. The number of carboxylic acid groups (broad SMARTS) is 1. The monoisotopic (exact) mass is 235 g/mol. The van der Waals surface area contributed by atoms with Crippen LogP contribution in [0, 0.1) is 0 Å². The van der Waals surface area contributed by atoms with Crippen LogP contribution in [0.5, 0.6) is 0 Å². The summed E-state index contributed by atoms with van der Waals surface area (Å²) < 4.78 is 0. The molecule has 2 rings (SSSR count). The lowest BCUT2D eigenvalue weighted by Crippen LogP contribution is -2.23. The van der Waals surface area contributed by atoms with Gasteiger partial charge < -0.3 is 15.7 Å². The first-order valence-corrected chi connectivity index (χ1v) is 5.38. The second-order valence-corrected chi connectivity index (χ2v) is 3.93. The Balaban J connectivity index is 2.44. The predicted octanol–water partition coefficient (Wildman–Crippen LogP) is 0.479. The molecule has 0 unspecified atom stereocenters. The molecule has 6 nitrogen and oxygen atoms in total. The van der Waals surface area contributed by atoms with Crippen LogP contribution in [0.15, 0.2) is 12.1 Å². The molecule has 0 radical (unpaired) electrons. The Bertz CT molecular complexity index is 467. The van der Waals surface area contributed by atoms with E-state index in [-0.39, 0.29) is 11.4 Å². The van der Waals surface area contributed by atoms with Crippen LogP contribution in [-0.2, 0) is 0 Å². The molecule has 0 spiro atoms. The van der Waals surface area contributed by atoms with Crippen LogP contribution in [0.4, 0.5) is 5.69 Å². The summed E-state index contributed by atoms with van der Waals surface area (Å²) in [5, 5.41) is 9.09. The number of pyridine rings is 1. The number of amides is 1. The molecule has 1 amide bonds. The van der Waals surface area contributed by atoms with Crippen LogP contribution >= 0.6 is 0 Å². The minimum Gasteiger partial charge on any atom is -0.476 e. The van der Waals surface area contributed by atoms with Crippen LogP contribution in [0.3, 0.4) is 0 Å². The van der Waals surface area contributed by atoms with Gasteiger partial charge in [-0.15, -0.1) is 0 Å². The number of carbonyl (C=O) groups is 2. The molecule has 17 heavy (non-hydrogen) atoms. The number of aromatic carboxylic acids is 1. The highest BCUT2D eigenvalue weighted by Crippen LogP contribution is 2.23. The van der Waals surface area contributed by atoms with E-state index in [1.54, 1.807) is 6.07 Å². The summed E-state index contributed by atoms with van der Waals surface area (Å²) in [6.45, 7) is 1.63. The van der Waals surface area contributed by atoms with E-state index in [0.717, 1.165) is 25.9 Å². The topological polar surface area (TPSA) is 96.5 Å². The van der Waals surface area contributed by atoms with E-state index in [0.29, 0.717) is 5.69 Å². The van der Waals surface area contributed by atoms with Crippen LogP contribution < -0.4 is 10.6 Å². The summed E-state index contributed by atoms with van der Waals surface area (Å²) in [5.41, 5.74) is 5.50. The second-order valence-electron chi connectivity index (χ2n) is 3.93. The fourth-order valence-electron chi connectivity index (χ4n) is 1.96. The number of aromatic nitrogens is 1. The standard InChI is InChI=1S/C11H13N3O3/c12-10(15)7-3-4-8(9(13-7)11(16)17)14-5-1-2-6-14/h3-4H,1-2,5-6H2,(H2,12,15)(H,16,17). The van der Waals surface area contributed by atoms with Crippen molar-refractivity contribution in [3.8, 4) is 0 Å². The molecule has 90 valence electrons. The first-order chi connectivity index (χ1) is 8.09. The Morgan fingerprint density at radius 2 is 1.94 bits per heavy atom. The van der Waals surface area contributed by atoms with Crippen LogP contribution in [0.2, 0.25) is 0 Å². The van der Waals surface area contributed by atoms with Crippen molar-refractivity contribution in [1.82, 2.24) is 4.98 Å². The highest BCUT2D eigenvalue weighted by Gasteiger charge is 2.21. The summed E-state index contributed by atoms with van der Waals surface area (Å²) in [7, 11) is 0. The number of nitrogens with two attached hydrogens (primary N) is 1. The second kappa shape index (κ2) is 4.40. The zero-order valence-corrected chi connectivity index (χ0v) is 9.22. The third kappa shape index (κ3) is 2.20. The van der Waals surface area contributed by atoms with Gasteiger partial charge in [-0.05, 0) is 25.0 Å². The van der Waals surface area contributed by atoms with Gasteiger partial charge in [0.25, 0.3) is 5.91 Å². The maximum atomic E-state index is 11.1. The van der Waals surface area contributed by atoms with Crippen molar-refractivity contribution in [3.05, 3.63) is 23.5 Å². The van der Waals surface area contributed by atoms with Crippen molar-refractivity contribution in [3.63, 3.8) is 0 Å². The number of primary amides is 1. The van der Waals surface area contributed by atoms with Gasteiger partial charge in [-0.3, -0.25) is 4.79 Å². The van der Waals surface area contributed by atoms with Crippen LogP contribution in [-0.4, -0.2) is 35.1 Å². The summed E-state index contributed by atoms with van der Waals surface area (Å²) in [5.74, 6) is -1.87. The van der Waals surface area contributed by atoms with Gasteiger partial charge in [-0.1, -0.05) is 0 Å². The number of carbonyl (C=O) groups excluding carboxylic acids is 1. The molecule has 1 aliphatic rings. The molecule has 0 atom stereocenters. The minimum absolute atomic E-state index is 0.0228. The lowest BCUT2D eigenvalue weighted by Gasteiger charge is -2.19. The van der Waals surface area contributed by atoms with Gasteiger partial charge in [0.1, 0.15) is 5.69 Å². The molecule has 0 saturated carbocycles. The van der Waals surface area contributed by atoms with Crippen molar-refractivity contribution >= 4 is 17.6 Å². The van der Waals surface area contributed by atoms with Crippen LogP contribution in [0.1, 0.15) is 33.8 Å². The van der Waals surface area contributed by atoms with E-state index in [9.17, 15) is 9.59 Å². The highest BCUT2D eigenvalue weighted by atomic mass is 16.4. The minimum atomic E-state index is -1.14. The molecular formula is C11H13N3O3. The average Bonchev–Trinajstić information content (AvgIpc) is 2.81. The Labute approximate surface area is 98.1 Å². The Kier molecular flexibility index (Phi) is 2.95. The largest absolute Gasteiger partial charge is 0.476 e. The van der Waals surface area contributed by atoms with Crippen molar-refractivity contribution in [2.75, 3.05) is 18.0 Å². The fraction of sp³-hybridized carbons (Fsp3) is 0.364. The zero-order chi connectivity index (χ0) is 12.4. The molecule has 3 N–H and O–H groups in total. The molecule has 1 aromatic rings. The predicted molar refractivity (Wildman–Crippen MR) is 61.2 cm³/mol. The van der Waals surface area contributed by atoms with E-state index >= 15 is 0 Å². The molecule has 0 aliphatic carbocycles. The molecule has 0 bridgehead atoms. The summed E-state index contributed by atoms with van der Waals surface area (Å²) in [6, 6.07) is 3.06. The first kappa shape index (κ1) is 11.4. The molecule has 1 fully saturated rings. The quantitative estimate of drug-likeness (QED) is 0.794. The molecule has 6 heteroatoms. The number of carboxylic acids is 1. The molecule has 1 aliphatic heterocycles. The SMILES string of the molecule is NC(=O)c1ccc(N2CCCC2)c(C(=O)O)n1. The lowest BCUT2D eigenvalue weighted by atomic mass is 10.2. The smallest absolute Gasteiger partial charge is 0.356 e. The number of anilines is 1. The van der Waals surface area contributed by atoms with Gasteiger partial charge in [0, 0.05) is 13.1 Å². The van der Waals surface area contributed by atoms with Gasteiger partial charge in [0.2, 0.25) is 0 Å². The molecule has 1 aromatic heterocycles. The third-order valence-electron chi connectivity index (χ3n) is 2.78. The maximum Gasteiger partial charge on any atom is 0.356 e. The van der Waals surface area contributed by atoms with E-state index in [1.807, 2.05) is 4.90 Å². The molecule has 0 aromatic carbocycles. The lowest BCUT2D eigenvalue weighted by molar-refractivity contribution is 0.0691. The number of nitrogens with zero attached hydrogens (tertiary/aromatic N) is 2. The van der Waals surface area contributed by atoms with E-state index in [4.69, 9.17) is 10.8 Å². The Morgan fingerprint density at radius 1 is 1.29 bits per heavy atom. The van der Waals surface area contributed by atoms with Crippen molar-refractivity contribution < 1.29 is 14.7 Å². The van der Waals surface area contributed by atoms with Gasteiger partial charge in [0.05, 0.1) is 5.69 Å². The number of rotatable bonds is 3. The first-order valence-electron chi connectivity index (χ1n) is 5.38. The zero-order valence-electron chi connectivity index (χ0n) is 9.22. The molecule has 2 heterocycles. The highest BCUT2D eigenvalue weighted by molar-refractivity contribution is 5.96. The molecule has 1 saturated heterocycles. The van der Waals surface area contributed by atoms with Crippen LogP contribution in [0.25, 0.3) is 0 Å². The summed E-state index contributed by atoms with van der Waals surface area (Å²) in [6.07, 6.45) is 2.08. The fourth-order valence-corrected chi connectivity index (χ4v) is 1.96. The van der Waals surface area contributed by atoms with E-state index in [1.165, 1.54) is 6.07 Å². The maximum absolute atomic E-state index is 11.1. The van der Waals surface area contributed by atoms with Gasteiger partial charge in [-0.2, -0.15) is 0 Å². The average molecular weight is 235 g/mol. The van der Waals surface area contributed by atoms with Gasteiger partial charge in [0.15, 0.2) is 5.69 Å². The van der Waals surface area contributed by atoms with E-state index in [2.05, 4.69) is 4.98 Å². The Morgan fingerprint density at radius 3 is 2.47 bits per heavy atom. The van der Waals surface area contributed by atoms with Crippen molar-refractivity contribution in [1.29, 1.82) is 0 Å².